The smallest absolute Gasteiger partial charge is 0.337 e. The maximum Gasteiger partial charge on any atom is 0.337 e. The molecule has 0 aliphatic rings. The van der Waals surface area contributed by atoms with Gasteiger partial charge in [-0.3, -0.25) is 9.78 Å². The molecule has 0 saturated carbocycles. The van der Waals surface area contributed by atoms with Crippen LogP contribution in [-0.2, 0) is 0 Å². The monoisotopic (exact) mass is 250 g/mol. The number of pyridine rings is 1. The minimum atomic E-state index is -1.10. The first-order chi connectivity index (χ1) is 8.60. The lowest BCUT2D eigenvalue weighted by atomic mass is 10.2. The number of rotatable bonds is 6. The highest BCUT2D eigenvalue weighted by molar-refractivity contribution is 5.93. The van der Waals surface area contributed by atoms with Gasteiger partial charge in [-0.2, -0.15) is 0 Å². The predicted molar refractivity (Wildman–Crippen MR) is 64.4 cm³/mol. The third-order valence-electron chi connectivity index (χ3n) is 2.24. The van der Waals surface area contributed by atoms with Crippen molar-refractivity contribution in [1.82, 2.24) is 9.88 Å². The summed E-state index contributed by atoms with van der Waals surface area (Å²) in [5.41, 5.74) is 0.152. The highest BCUT2D eigenvalue weighted by Gasteiger charge is 2.15. The Bertz CT molecular complexity index is 442. The van der Waals surface area contributed by atoms with E-state index in [0.717, 1.165) is 6.20 Å². The van der Waals surface area contributed by atoms with E-state index in [0.29, 0.717) is 6.54 Å². The van der Waals surface area contributed by atoms with E-state index >= 15 is 0 Å². The average Bonchev–Trinajstić information content (AvgIpc) is 2.38. The lowest BCUT2D eigenvalue weighted by Crippen LogP contribution is -2.34. The Morgan fingerprint density at radius 2 is 2.17 bits per heavy atom. The molecular weight excluding hydrogens is 236 g/mol. The van der Waals surface area contributed by atoms with Gasteiger partial charge in [-0.1, -0.05) is 6.08 Å². The Labute approximate surface area is 104 Å². The van der Waals surface area contributed by atoms with Crippen molar-refractivity contribution >= 4 is 11.9 Å². The largest absolute Gasteiger partial charge is 0.478 e. The summed E-state index contributed by atoms with van der Waals surface area (Å²) in [6.07, 6.45) is 2.67. The zero-order valence-corrected chi connectivity index (χ0v) is 9.74. The number of carboxylic acid groups (broad SMARTS) is 1. The topological polar surface area (TPSA) is 90.7 Å². The van der Waals surface area contributed by atoms with E-state index in [1.54, 1.807) is 6.08 Å². The molecule has 0 bridgehead atoms. The van der Waals surface area contributed by atoms with Gasteiger partial charge in [0.2, 0.25) is 0 Å². The van der Waals surface area contributed by atoms with Crippen molar-refractivity contribution in [3.63, 3.8) is 0 Å². The molecule has 1 heterocycles. The first-order valence-corrected chi connectivity index (χ1v) is 5.30. The summed E-state index contributed by atoms with van der Waals surface area (Å²) in [4.78, 5) is 27.8. The van der Waals surface area contributed by atoms with E-state index in [-0.39, 0.29) is 30.3 Å². The molecule has 0 aliphatic carbocycles. The molecule has 0 unspecified atom stereocenters. The van der Waals surface area contributed by atoms with Gasteiger partial charge in [-0.25, -0.2) is 4.79 Å². The molecule has 0 aliphatic heterocycles. The fourth-order valence-electron chi connectivity index (χ4n) is 1.36. The van der Waals surface area contributed by atoms with Crippen LogP contribution in [0.3, 0.4) is 0 Å². The molecule has 6 heteroatoms. The van der Waals surface area contributed by atoms with Crippen molar-refractivity contribution in [3.8, 4) is 0 Å². The molecule has 1 aromatic rings. The van der Waals surface area contributed by atoms with Crippen LogP contribution in [0.25, 0.3) is 0 Å². The zero-order valence-electron chi connectivity index (χ0n) is 9.74. The van der Waals surface area contributed by atoms with E-state index in [1.807, 2.05) is 0 Å². The molecule has 0 spiro atoms. The van der Waals surface area contributed by atoms with Gasteiger partial charge in [-0.05, 0) is 12.1 Å². The van der Waals surface area contributed by atoms with Crippen molar-refractivity contribution in [3.05, 3.63) is 42.2 Å². The van der Waals surface area contributed by atoms with Gasteiger partial charge >= 0.3 is 5.97 Å². The van der Waals surface area contributed by atoms with Crippen LogP contribution in [0.1, 0.15) is 20.8 Å². The maximum absolute atomic E-state index is 12.0. The summed E-state index contributed by atoms with van der Waals surface area (Å²) in [7, 11) is 0. The zero-order chi connectivity index (χ0) is 13.5. The van der Waals surface area contributed by atoms with E-state index in [2.05, 4.69) is 11.6 Å². The lowest BCUT2D eigenvalue weighted by Gasteiger charge is -2.19. The third-order valence-corrected chi connectivity index (χ3v) is 2.24. The molecule has 0 fully saturated rings. The van der Waals surface area contributed by atoms with Crippen molar-refractivity contribution in [1.29, 1.82) is 0 Å². The Morgan fingerprint density at radius 3 is 2.61 bits per heavy atom. The number of aromatic carboxylic acids is 1. The van der Waals surface area contributed by atoms with E-state index in [1.165, 1.54) is 17.0 Å². The van der Waals surface area contributed by atoms with Crippen LogP contribution in [0, 0.1) is 0 Å². The van der Waals surface area contributed by atoms with E-state index in [4.69, 9.17) is 10.2 Å². The van der Waals surface area contributed by atoms with Gasteiger partial charge in [0.25, 0.3) is 5.91 Å². The number of hydrogen-bond acceptors (Lipinski definition) is 4. The Kier molecular flexibility index (Phi) is 5.01. The number of hydrogen-bond donors (Lipinski definition) is 2. The number of aliphatic hydroxyl groups excluding tert-OH is 1. The Hall–Kier alpha value is -2.21. The molecule has 2 N–H and O–H groups in total. The standard InChI is InChI=1S/C12H14N2O4/c1-2-5-14(6-7-15)11(16)10-4-3-9(8-13-10)12(17)18/h2-4,8,15H,1,5-7H2,(H,17,18). The summed E-state index contributed by atoms with van der Waals surface area (Å²) in [6, 6.07) is 2.66. The van der Waals surface area contributed by atoms with Gasteiger partial charge in [0.15, 0.2) is 0 Å². The number of carbonyl (C=O) groups is 2. The second-order valence-electron chi connectivity index (χ2n) is 3.50. The summed E-state index contributed by atoms with van der Waals surface area (Å²) in [5.74, 6) is -1.47. The lowest BCUT2D eigenvalue weighted by molar-refractivity contribution is 0.0692. The van der Waals surface area contributed by atoms with Crippen LogP contribution in [-0.4, -0.2) is 51.7 Å². The van der Waals surface area contributed by atoms with Crippen LogP contribution in [0.15, 0.2) is 31.0 Å². The molecule has 0 atom stereocenters. The summed E-state index contributed by atoms with van der Waals surface area (Å²) in [5, 5.41) is 17.6. The van der Waals surface area contributed by atoms with Gasteiger partial charge in [0, 0.05) is 19.3 Å². The highest BCUT2D eigenvalue weighted by atomic mass is 16.4. The Balaban J connectivity index is 2.87. The molecular formula is C12H14N2O4. The second kappa shape index (κ2) is 6.51. The van der Waals surface area contributed by atoms with Crippen LogP contribution in [0.5, 0.6) is 0 Å². The first-order valence-electron chi connectivity index (χ1n) is 5.30. The summed E-state index contributed by atoms with van der Waals surface area (Å²) >= 11 is 0. The molecule has 0 saturated heterocycles. The molecule has 1 rings (SSSR count). The van der Waals surface area contributed by atoms with Crippen LogP contribution >= 0.6 is 0 Å². The van der Waals surface area contributed by atoms with Gasteiger partial charge in [-0.15, -0.1) is 6.58 Å². The molecule has 96 valence electrons. The second-order valence-corrected chi connectivity index (χ2v) is 3.50. The van der Waals surface area contributed by atoms with Gasteiger partial charge < -0.3 is 15.1 Å². The van der Waals surface area contributed by atoms with Gasteiger partial charge in [0.05, 0.1) is 12.2 Å². The fraction of sp³-hybridized carbons (Fsp3) is 0.250. The number of nitrogens with zero attached hydrogens (tertiary/aromatic N) is 2. The van der Waals surface area contributed by atoms with Crippen molar-refractivity contribution < 1.29 is 19.8 Å². The highest BCUT2D eigenvalue weighted by Crippen LogP contribution is 2.04. The van der Waals surface area contributed by atoms with Gasteiger partial charge in [0.1, 0.15) is 5.69 Å². The Morgan fingerprint density at radius 1 is 1.44 bits per heavy atom. The minimum Gasteiger partial charge on any atom is -0.478 e. The third kappa shape index (κ3) is 3.39. The number of amides is 1. The maximum atomic E-state index is 12.0. The molecule has 1 amide bonds. The molecule has 18 heavy (non-hydrogen) atoms. The SMILES string of the molecule is C=CCN(CCO)C(=O)c1ccc(C(=O)O)cn1. The first kappa shape index (κ1) is 13.9. The van der Waals surface area contributed by atoms with E-state index < -0.39 is 5.97 Å². The molecule has 0 radical (unpaired) electrons. The van der Waals surface area contributed by atoms with Crippen molar-refractivity contribution in [2.24, 2.45) is 0 Å². The van der Waals surface area contributed by atoms with Crippen LogP contribution < -0.4 is 0 Å². The number of aliphatic hydroxyl groups is 1. The predicted octanol–water partition coefficient (Wildman–Crippen LogP) is 0.400. The molecule has 6 nitrogen and oxygen atoms in total. The van der Waals surface area contributed by atoms with Crippen LogP contribution in [0.4, 0.5) is 0 Å². The van der Waals surface area contributed by atoms with Crippen LogP contribution in [0.2, 0.25) is 0 Å². The summed E-state index contributed by atoms with van der Waals surface area (Å²) < 4.78 is 0. The van der Waals surface area contributed by atoms with E-state index in [9.17, 15) is 9.59 Å². The average molecular weight is 250 g/mol. The molecule has 0 aromatic carbocycles. The van der Waals surface area contributed by atoms with Crippen molar-refractivity contribution in [2.75, 3.05) is 19.7 Å². The fourth-order valence-corrected chi connectivity index (χ4v) is 1.36. The quantitative estimate of drug-likeness (QED) is 0.713. The normalized spacial score (nSPS) is 9.83. The number of carbonyl (C=O) groups excluding carboxylic acids is 1. The molecule has 1 aromatic heterocycles. The number of aromatic nitrogens is 1. The minimum absolute atomic E-state index is 0.0176. The summed E-state index contributed by atoms with van der Waals surface area (Å²) in [6.45, 7) is 3.83. The number of carboxylic acids is 1. The van der Waals surface area contributed by atoms with Crippen molar-refractivity contribution in [2.45, 2.75) is 0 Å².